The maximum atomic E-state index is 13.4. The molecule has 0 radical (unpaired) electrons. The van der Waals surface area contributed by atoms with Crippen molar-refractivity contribution in [2.45, 2.75) is 38.1 Å². The second-order valence-electron chi connectivity index (χ2n) is 4.45. The van der Waals surface area contributed by atoms with Gasteiger partial charge in [-0.25, -0.2) is 4.39 Å². The molecule has 1 nitrogen and oxygen atoms in total. The van der Waals surface area contributed by atoms with E-state index in [1.165, 1.54) is 12.8 Å². The third kappa shape index (κ3) is 1.95. The molecular weight excluding hydrogens is 257 g/mol. The zero-order valence-corrected chi connectivity index (χ0v) is 10.4. The van der Waals surface area contributed by atoms with Gasteiger partial charge in [0.2, 0.25) is 0 Å². The van der Waals surface area contributed by atoms with Crippen LogP contribution in [0.25, 0.3) is 0 Å². The highest BCUT2D eigenvalue weighted by Gasteiger charge is 2.31. The largest absolute Gasteiger partial charge is 0.321 e. The van der Waals surface area contributed by atoms with Crippen molar-refractivity contribution in [1.29, 1.82) is 0 Å². The van der Waals surface area contributed by atoms with Crippen LogP contribution in [0.15, 0.2) is 16.6 Å². The summed E-state index contributed by atoms with van der Waals surface area (Å²) in [5.41, 5.74) is 7.81. The van der Waals surface area contributed by atoms with E-state index in [1.54, 1.807) is 6.92 Å². The lowest BCUT2D eigenvalue weighted by molar-refractivity contribution is 0.459. The molecule has 1 fully saturated rings. The molecule has 0 heterocycles. The predicted octanol–water partition coefficient (Wildman–Crippen LogP) is 3.62. The Morgan fingerprint density at radius 3 is 2.47 bits per heavy atom. The van der Waals surface area contributed by atoms with Crippen molar-refractivity contribution >= 4 is 15.9 Å². The van der Waals surface area contributed by atoms with Gasteiger partial charge in [-0.1, -0.05) is 18.9 Å². The minimum Gasteiger partial charge on any atom is -0.321 e. The van der Waals surface area contributed by atoms with E-state index >= 15 is 0 Å². The quantitative estimate of drug-likeness (QED) is 0.830. The highest BCUT2D eigenvalue weighted by molar-refractivity contribution is 9.10. The van der Waals surface area contributed by atoms with Gasteiger partial charge in [-0.2, -0.15) is 0 Å². The number of nitrogens with two attached hydrogens (primary N) is 1. The Kier molecular flexibility index (Phi) is 2.86. The molecule has 2 rings (SSSR count). The first-order valence-electron chi connectivity index (χ1n) is 5.28. The Hall–Kier alpha value is -0.410. The summed E-state index contributed by atoms with van der Waals surface area (Å²) in [7, 11) is 0. The molecule has 0 aliphatic heterocycles. The molecule has 0 atom stereocenters. The van der Waals surface area contributed by atoms with Gasteiger partial charge in [-0.3, -0.25) is 0 Å². The van der Waals surface area contributed by atoms with Crippen LogP contribution < -0.4 is 5.73 Å². The smallest absolute Gasteiger partial charge is 0.140 e. The van der Waals surface area contributed by atoms with E-state index in [9.17, 15) is 4.39 Å². The van der Waals surface area contributed by atoms with E-state index in [4.69, 9.17) is 5.73 Å². The zero-order valence-electron chi connectivity index (χ0n) is 8.82. The van der Waals surface area contributed by atoms with E-state index in [0.29, 0.717) is 10.0 Å². The predicted molar refractivity (Wildman–Crippen MR) is 63.2 cm³/mol. The van der Waals surface area contributed by atoms with Gasteiger partial charge in [0.15, 0.2) is 0 Å². The third-order valence-electron chi connectivity index (χ3n) is 3.28. The minimum absolute atomic E-state index is 0.180. The van der Waals surface area contributed by atoms with E-state index < -0.39 is 0 Å². The highest BCUT2D eigenvalue weighted by Crippen LogP contribution is 2.38. The van der Waals surface area contributed by atoms with Gasteiger partial charge >= 0.3 is 0 Å². The molecular formula is C12H15BrFN. The summed E-state index contributed by atoms with van der Waals surface area (Å²) in [4.78, 5) is 0. The number of halogens is 2. The topological polar surface area (TPSA) is 26.0 Å². The van der Waals surface area contributed by atoms with E-state index in [1.807, 2.05) is 12.1 Å². The van der Waals surface area contributed by atoms with Crippen molar-refractivity contribution in [3.63, 3.8) is 0 Å². The Bertz CT molecular complexity index is 360. The monoisotopic (exact) mass is 271 g/mol. The maximum absolute atomic E-state index is 13.4. The average Bonchev–Trinajstić information content (AvgIpc) is 2.62. The minimum atomic E-state index is -0.235. The molecule has 0 amide bonds. The number of hydrogen-bond donors (Lipinski definition) is 1. The molecule has 1 aromatic carbocycles. The van der Waals surface area contributed by atoms with E-state index in [0.717, 1.165) is 18.4 Å². The Morgan fingerprint density at radius 2 is 1.93 bits per heavy atom. The molecule has 82 valence electrons. The van der Waals surface area contributed by atoms with E-state index in [-0.39, 0.29) is 11.4 Å². The van der Waals surface area contributed by atoms with Crippen LogP contribution in [-0.2, 0) is 5.54 Å². The number of rotatable bonds is 1. The molecule has 1 aliphatic carbocycles. The molecule has 2 N–H and O–H groups in total. The fourth-order valence-corrected chi connectivity index (χ4v) is 2.87. The van der Waals surface area contributed by atoms with Crippen molar-refractivity contribution in [3.05, 3.63) is 33.5 Å². The second-order valence-corrected chi connectivity index (χ2v) is 5.31. The van der Waals surface area contributed by atoms with Gasteiger partial charge in [0.1, 0.15) is 5.82 Å². The summed E-state index contributed by atoms with van der Waals surface area (Å²) in [6, 6.07) is 3.71. The normalized spacial score (nSPS) is 19.5. The molecule has 1 saturated carbocycles. The zero-order chi connectivity index (χ0) is 11.1. The summed E-state index contributed by atoms with van der Waals surface area (Å²) in [6.45, 7) is 1.78. The maximum Gasteiger partial charge on any atom is 0.140 e. The molecule has 0 spiro atoms. The summed E-state index contributed by atoms with van der Waals surface area (Å²) >= 11 is 3.24. The molecule has 1 aliphatic rings. The van der Waals surface area contributed by atoms with Gasteiger partial charge < -0.3 is 5.73 Å². The number of benzene rings is 1. The van der Waals surface area contributed by atoms with Crippen LogP contribution in [0.4, 0.5) is 4.39 Å². The Morgan fingerprint density at radius 1 is 1.33 bits per heavy atom. The fourth-order valence-electron chi connectivity index (χ4n) is 2.31. The van der Waals surface area contributed by atoms with Crippen LogP contribution in [0, 0.1) is 12.7 Å². The number of hydrogen-bond acceptors (Lipinski definition) is 1. The lowest BCUT2D eigenvalue weighted by Gasteiger charge is -2.25. The second kappa shape index (κ2) is 3.87. The van der Waals surface area contributed by atoms with Gasteiger partial charge in [0.05, 0.1) is 4.47 Å². The van der Waals surface area contributed by atoms with Crippen LogP contribution in [-0.4, -0.2) is 0 Å². The average molecular weight is 272 g/mol. The van der Waals surface area contributed by atoms with Gasteiger partial charge in [0.25, 0.3) is 0 Å². The summed E-state index contributed by atoms with van der Waals surface area (Å²) < 4.78 is 14.0. The summed E-state index contributed by atoms with van der Waals surface area (Å²) in [6.07, 6.45) is 4.35. The van der Waals surface area contributed by atoms with Crippen LogP contribution in [0.2, 0.25) is 0 Å². The Balaban J connectivity index is 2.45. The lowest BCUT2D eigenvalue weighted by Crippen LogP contribution is -2.33. The van der Waals surface area contributed by atoms with Crippen LogP contribution in [0.5, 0.6) is 0 Å². The Labute approximate surface area is 98.0 Å². The molecule has 0 bridgehead atoms. The molecule has 1 aromatic rings. The standard InChI is InChI=1S/C12H15BrFN/c1-8-6-9(7-10(13)11(8)14)12(15)4-2-3-5-12/h6-7H,2-5,15H2,1H3. The third-order valence-corrected chi connectivity index (χ3v) is 3.86. The summed E-state index contributed by atoms with van der Waals surface area (Å²) in [5.74, 6) is -0.180. The van der Waals surface area contributed by atoms with Crippen LogP contribution in [0.1, 0.15) is 36.8 Å². The fraction of sp³-hybridized carbons (Fsp3) is 0.500. The lowest BCUT2D eigenvalue weighted by atomic mass is 9.88. The first-order chi connectivity index (χ1) is 7.03. The molecule has 0 saturated heterocycles. The van der Waals surface area contributed by atoms with E-state index in [2.05, 4.69) is 15.9 Å². The van der Waals surface area contributed by atoms with Gasteiger partial charge in [0, 0.05) is 5.54 Å². The highest BCUT2D eigenvalue weighted by atomic mass is 79.9. The first kappa shape index (κ1) is 11.1. The van der Waals surface area contributed by atoms with Crippen LogP contribution in [0.3, 0.4) is 0 Å². The molecule has 0 unspecified atom stereocenters. The van der Waals surface area contributed by atoms with Gasteiger partial charge in [-0.05, 0) is 52.9 Å². The number of aryl methyl sites for hydroxylation is 1. The molecule has 3 heteroatoms. The van der Waals surface area contributed by atoms with Crippen molar-refractivity contribution < 1.29 is 4.39 Å². The van der Waals surface area contributed by atoms with Crippen molar-refractivity contribution in [2.24, 2.45) is 5.73 Å². The first-order valence-corrected chi connectivity index (χ1v) is 6.07. The summed E-state index contributed by atoms with van der Waals surface area (Å²) in [5, 5.41) is 0. The SMILES string of the molecule is Cc1cc(C2(N)CCCC2)cc(Br)c1F. The molecule has 0 aromatic heterocycles. The van der Waals surface area contributed by atoms with Gasteiger partial charge in [-0.15, -0.1) is 0 Å². The van der Waals surface area contributed by atoms with Crippen LogP contribution >= 0.6 is 15.9 Å². The van der Waals surface area contributed by atoms with Crippen molar-refractivity contribution in [3.8, 4) is 0 Å². The van der Waals surface area contributed by atoms with Crippen molar-refractivity contribution in [2.75, 3.05) is 0 Å². The molecule has 15 heavy (non-hydrogen) atoms. The van der Waals surface area contributed by atoms with Crippen molar-refractivity contribution in [1.82, 2.24) is 0 Å².